The molecule has 0 saturated heterocycles. The predicted octanol–water partition coefficient (Wildman–Crippen LogP) is 4.73. The number of rotatable bonds is 2. The molecule has 21 heavy (non-hydrogen) atoms. The minimum absolute atomic E-state index is 0.215. The van der Waals surface area contributed by atoms with Gasteiger partial charge in [0.15, 0.2) is 0 Å². The van der Waals surface area contributed by atoms with Crippen LogP contribution in [0.3, 0.4) is 0 Å². The molecular formula is C19H26O2. The molecule has 1 aromatic carbocycles. The van der Waals surface area contributed by atoms with Crippen LogP contribution >= 0.6 is 0 Å². The maximum atomic E-state index is 10.7. The first-order valence-electron chi connectivity index (χ1n) is 8.16. The average molecular weight is 286 g/mol. The van der Waals surface area contributed by atoms with Gasteiger partial charge in [0.05, 0.1) is 6.10 Å². The van der Waals surface area contributed by atoms with Gasteiger partial charge in [0.25, 0.3) is 0 Å². The summed E-state index contributed by atoms with van der Waals surface area (Å²) in [5.74, 6) is 0.446. The highest BCUT2D eigenvalue weighted by Crippen LogP contribution is 2.50. The van der Waals surface area contributed by atoms with E-state index >= 15 is 0 Å². The van der Waals surface area contributed by atoms with E-state index in [2.05, 4.69) is 13.8 Å². The van der Waals surface area contributed by atoms with Gasteiger partial charge in [-0.15, -0.1) is 0 Å². The molecule has 2 atom stereocenters. The second-order valence-electron chi connectivity index (χ2n) is 7.33. The highest BCUT2D eigenvalue weighted by atomic mass is 16.3. The number of hydrogen-bond donors (Lipinski definition) is 2. The number of aromatic hydroxyl groups is 1. The Hall–Kier alpha value is -1.28. The number of phenolic OH excluding ortho intramolecular Hbond substituents is 1. The van der Waals surface area contributed by atoms with Crippen molar-refractivity contribution < 1.29 is 10.2 Å². The summed E-state index contributed by atoms with van der Waals surface area (Å²) in [6, 6.07) is 7.19. The lowest BCUT2D eigenvalue weighted by Crippen LogP contribution is -2.28. The summed E-state index contributed by atoms with van der Waals surface area (Å²) < 4.78 is 0. The molecule has 0 fully saturated rings. The lowest BCUT2D eigenvalue weighted by molar-refractivity contribution is 0.0905. The van der Waals surface area contributed by atoms with Gasteiger partial charge in [-0.1, -0.05) is 43.2 Å². The van der Waals surface area contributed by atoms with Gasteiger partial charge in [-0.05, 0) is 55.9 Å². The van der Waals surface area contributed by atoms with E-state index in [-0.39, 0.29) is 17.1 Å². The minimum atomic E-state index is -0.557. The Morgan fingerprint density at radius 1 is 1.19 bits per heavy atom. The molecule has 2 N–H and O–H groups in total. The lowest BCUT2D eigenvalue weighted by Gasteiger charge is -2.41. The maximum absolute atomic E-state index is 10.7. The first-order chi connectivity index (χ1) is 9.99. The average Bonchev–Trinajstić information content (AvgIpc) is 2.47. The van der Waals surface area contributed by atoms with Crippen molar-refractivity contribution in [1.82, 2.24) is 0 Å². The second kappa shape index (κ2) is 5.49. The van der Waals surface area contributed by atoms with E-state index in [1.807, 2.05) is 12.1 Å². The van der Waals surface area contributed by atoms with Crippen LogP contribution in [0.1, 0.15) is 64.0 Å². The monoisotopic (exact) mass is 286 g/mol. The molecule has 0 saturated carbocycles. The number of allylic oxidation sites excluding steroid dienone is 2. The van der Waals surface area contributed by atoms with Crippen LogP contribution < -0.4 is 0 Å². The van der Waals surface area contributed by atoms with Gasteiger partial charge in [0.2, 0.25) is 0 Å². The van der Waals surface area contributed by atoms with Gasteiger partial charge in [-0.3, -0.25) is 0 Å². The zero-order valence-electron chi connectivity index (χ0n) is 13.1. The number of para-hydroxylation sites is 1. The first-order valence-corrected chi connectivity index (χ1v) is 8.16. The predicted molar refractivity (Wildman–Crippen MR) is 85.1 cm³/mol. The molecule has 0 aliphatic heterocycles. The summed E-state index contributed by atoms with van der Waals surface area (Å²) in [6.45, 7) is 4.69. The number of aliphatic hydroxyl groups is 1. The van der Waals surface area contributed by atoms with Crippen LogP contribution in [0, 0.1) is 11.3 Å². The van der Waals surface area contributed by atoms with Crippen LogP contribution in [-0.4, -0.2) is 10.2 Å². The molecule has 2 unspecified atom stereocenters. The van der Waals surface area contributed by atoms with Crippen LogP contribution in [0.4, 0.5) is 0 Å². The molecule has 0 radical (unpaired) electrons. The van der Waals surface area contributed by atoms with Crippen molar-refractivity contribution in [1.29, 1.82) is 0 Å². The summed E-state index contributed by atoms with van der Waals surface area (Å²) >= 11 is 0. The van der Waals surface area contributed by atoms with Crippen LogP contribution in [-0.2, 0) is 0 Å². The van der Waals surface area contributed by atoms with E-state index in [0.717, 1.165) is 19.3 Å². The van der Waals surface area contributed by atoms with E-state index < -0.39 is 6.10 Å². The summed E-state index contributed by atoms with van der Waals surface area (Å²) in [6.07, 6.45) is 6.39. The molecule has 0 bridgehead atoms. The second-order valence-corrected chi connectivity index (χ2v) is 7.33. The number of aliphatic hydroxyl groups excluding tert-OH is 1. The SMILES string of the molecule is CC1(C)CCCC2=C1CC(C(O)c1ccccc1O)CC2. The lowest BCUT2D eigenvalue weighted by atomic mass is 9.64. The third-order valence-electron chi connectivity index (χ3n) is 5.51. The molecule has 1 aromatic rings. The highest BCUT2D eigenvalue weighted by Gasteiger charge is 2.36. The highest BCUT2D eigenvalue weighted by molar-refractivity contribution is 5.35. The van der Waals surface area contributed by atoms with Crippen molar-refractivity contribution in [3.05, 3.63) is 41.0 Å². The molecular weight excluding hydrogens is 260 g/mol. The maximum Gasteiger partial charge on any atom is 0.121 e. The Morgan fingerprint density at radius 3 is 2.71 bits per heavy atom. The van der Waals surface area contributed by atoms with Crippen LogP contribution in [0.5, 0.6) is 5.75 Å². The van der Waals surface area contributed by atoms with Crippen LogP contribution in [0.15, 0.2) is 35.4 Å². The fourth-order valence-corrected chi connectivity index (χ4v) is 4.21. The molecule has 0 heterocycles. The van der Waals surface area contributed by atoms with E-state index in [0.29, 0.717) is 5.56 Å². The van der Waals surface area contributed by atoms with Gasteiger partial charge in [-0.2, -0.15) is 0 Å². The Kier molecular flexibility index (Phi) is 3.83. The molecule has 0 spiro atoms. The van der Waals surface area contributed by atoms with Crippen molar-refractivity contribution in [3.63, 3.8) is 0 Å². The quantitative estimate of drug-likeness (QED) is 0.771. The third-order valence-corrected chi connectivity index (χ3v) is 5.51. The van der Waals surface area contributed by atoms with Crippen molar-refractivity contribution in [2.45, 2.75) is 58.5 Å². The van der Waals surface area contributed by atoms with Crippen molar-refractivity contribution in [3.8, 4) is 5.75 Å². The van der Waals surface area contributed by atoms with E-state index in [1.54, 1.807) is 23.3 Å². The summed E-state index contributed by atoms with van der Waals surface area (Å²) in [5, 5.41) is 20.7. The van der Waals surface area contributed by atoms with Crippen LogP contribution in [0.2, 0.25) is 0 Å². The molecule has 2 heteroatoms. The van der Waals surface area contributed by atoms with Crippen molar-refractivity contribution in [2.75, 3.05) is 0 Å². The van der Waals surface area contributed by atoms with E-state index in [1.165, 1.54) is 19.3 Å². The summed E-state index contributed by atoms with van der Waals surface area (Å²) in [5.41, 5.74) is 4.19. The third kappa shape index (κ3) is 2.74. The molecule has 0 amide bonds. The molecule has 2 nitrogen and oxygen atoms in total. The van der Waals surface area contributed by atoms with Gasteiger partial charge in [0.1, 0.15) is 5.75 Å². The largest absolute Gasteiger partial charge is 0.508 e. The van der Waals surface area contributed by atoms with E-state index in [9.17, 15) is 10.2 Å². The summed E-state index contributed by atoms with van der Waals surface area (Å²) in [7, 11) is 0. The molecule has 2 aliphatic carbocycles. The number of benzene rings is 1. The van der Waals surface area contributed by atoms with Gasteiger partial charge < -0.3 is 10.2 Å². The Morgan fingerprint density at radius 2 is 1.95 bits per heavy atom. The topological polar surface area (TPSA) is 40.5 Å². The zero-order chi connectivity index (χ0) is 15.0. The van der Waals surface area contributed by atoms with Gasteiger partial charge in [-0.25, -0.2) is 0 Å². The fraction of sp³-hybridized carbons (Fsp3) is 0.579. The smallest absolute Gasteiger partial charge is 0.121 e. The molecule has 0 aromatic heterocycles. The van der Waals surface area contributed by atoms with Gasteiger partial charge >= 0.3 is 0 Å². The Balaban J connectivity index is 1.83. The van der Waals surface area contributed by atoms with Crippen molar-refractivity contribution >= 4 is 0 Å². The molecule has 114 valence electrons. The van der Waals surface area contributed by atoms with E-state index in [4.69, 9.17) is 0 Å². The number of hydrogen-bond acceptors (Lipinski definition) is 2. The Labute approximate surface area is 127 Å². The van der Waals surface area contributed by atoms with Gasteiger partial charge in [0, 0.05) is 5.56 Å². The first kappa shape index (κ1) is 14.6. The summed E-state index contributed by atoms with van der Waals surface area (Å²) in [4.78, 5) is 0. The standard InChI is InChI=1S/C19H26O2/c1-19(2)11-5-6-13-9-10-14(12-16(13)19)18(21)15-7-3-4-8-17(15)20/h3-4,7-8,14,18,20-21H,5-6,9-12H2,1-2H3. The van der Waals surface area contributed by atoms with Crippen LogP contribution in [0.25, 0.3) is 0 Å². The minimum Gasteiger partial charge on any atom is -0.508 e. The Bertz CT molecular complexity index is 556. The molecule has 2 aliphatic rings. The number of phenols is 1. The fourth-order valence-electron chi connectivity index (χ4n) is 4.21. The normalized spacial score (nSPS) is 26.3. The molecule has 3 rings (SSSR count). The zero-order valence-corrected chi connectivity index (χ0v) is 13.1. The van der Waals surface area contributed by atoms with Crippen molar-refractivity contribution in [2.24, 2.45) is 11.3 Å².